The summed E-state index contributed by atoms with van der Waals surface area (Å²) >= 11 is 0. The monoisotopic (exact) mass is 584 g/mol. The van der Waals surface area contributed by atoms with Crippen molar-refractivity contribution in [3.05, 3.63) is 113 Å². The molecule has 3 aromatic carbocycles. The normalized spacial score (nSPS) is 21.6. The molecule has 0 saturated carbocycles. The van der Waals surface area contributed by atoms with Gasteiger partial charge in [0.2, 0.25) is 5.91 Å². The number of amides is 2. The van der Waals surface area contributed by atoms with Gasteiger partial charge in [-0.15, -0.1) is 0 Å². The van der Waals surface area contributed by atoms with Crippen molar-refractivity contribution in [3.63, 3.8) is 0 Å². The highest BCUT2D eigenvalue weighted by molar-refractivity contribution is 5.80. The molecule has 1 aliphatic heterocycles. The van der Waals surface area contributed by atoms with Crippen LogP contribution in [0.25, 0.3) is 6.08 Å². The summed E-state index contributed by atoms with van der Waals surface area (Å²) in [4.78, 5) is 26.6. The number of benzene rings is 3. The van der Waals surface area contributed by atoms with Crippen LogP contribution < -0.4 is 10.6 Å². The lowest BCUT2D eigenvalue weighted by atomic mass is 9.90. The number of allylic oxidation sites excluding steroid dienone is 1. The first kappa shape index (κ1) is 30.5. The Hall–Kier alpha value is -3.98. The zero-order chi connectivity index (χ0) is 30.0. The summed E-state index contributed by atoms with van der Waals surface area (Å²) in [6.07, 6.45) is 3.09. The van der Waals surface area contributed by atoms with Gasteiger partial charge in [0.15, 0.2) is 0 Å². The molecule has 0 unspecified atom stereocenters. The first-order valence-electron chi connectivity index (χ1n) is 15.0. The van der Waals surface area contributed by atoms with Crippen molar-refractivity contribution < 1.29 is 29.3 Å². The van der Waals surface area contributed by atoms with Crippen LogP contribution in [0.15, 0.2) is 91.0 Å². The Bertz CT molecular complexity index is 1360. The second kappa shape index (κ2) is 15.0. The standard InChI is InChI=1S/C35H40N2O6/c38-31(30(20-25-12-5-2-6-13-25)36-35(41)43-28-18-19-42-23-28)22-27(16-9-14-24-10-3-1-4-11-24)34(40)37-33-29-17-8-7-15-26(29)21-32(33)39/h1-15,17,27-28,30-33,38-39H,16,18-23H2,(H,36,41)(H,37,40)/b14-9+/t27-,28+,30+,31+,32-,33+/m1/s1. The number of aliphatic hydroxyl groups excluding tert-OH is 2. The number of hydrogen-bond donors (Lipinski definition) is 4. The molecule has 1 saturated heterocycles. The number of rotatable bonds is 12. The fourth-order valence-electron chi connectivity index (χ4n) is 5.81. The summed E-state index contributed by atoms with van der Waals surface area (Å²) in [5.74, 6) is -0.879. The van der Waals surface area contributed by atoms with Gasteiger partial charge < -0.3 is 30.3 Å². The summed E-state index contributed by atoms with van der Waals surface area (Å²) in [5.41, 5.74) is 3.86. The summed E-state index contributed by atoms with van der Waals surface area (Å²) in [5, 5.41) is 28.2. The summed E-state index contributed by atoms with van der Waals surface area (Å²) in [6.45, 7) is 0.896. The molecule has 2 amide bonds. The molecule has 8 nitrogen and oxygen atoms in total. The minimum atomic E-state index is -1.05. The van der Waals surface area contributed by atoms with Gasteiger partial charge in [0, 0.05) is 18.8 Å². The molecular weight excluding hydrogens is 544 g/mol. The van der Waals surface area contributed by atoms with Gasteiger partial charge in [-0.3, -0.25) is 4.79 Å². The maximum absolute atomic E-state index is 13.8. The van der Waals surface area contributed by atoms with Crippen LogP contribution in [0.5, 0.6) is 0 Å². The van der Waals surface area contributed by atoms with Crippen molar-refractivity contribution in [3.8, 4) is 0 Å². The van der Waals surface area contributed by atoms with Gasteiger partial charge >= 0.3 is 6.09 Å². The Balaban J connectivity index is 1.32. The van der Waals surface area contributed by atoms with Crippen molar-refractivity contribution in [2.24, 2.45) is 5.92 Å². The van der Waals surface area contributed by atoms with Gasteiger partial charge in [-0.25, -0.2) is 4.79 Å². The van der Waals surface area contributed by atoms with E-state index in [2.05, 4.69) is 10.6 Å². The third-order valence-electron chi connectivity index (χ3n) is 8.16. The smallest absolute Gasteiger partial charge is 0.407 e. The molecule has 8 heteroatoms. The van der Waals surface area contributed by atoms with Crippen molar-refractivity contribution in [1.29, 1.82) is 0 Å². The maximum Gasteiger partial charge on any atom is 0.407 e. The Labute approximate surface area is 252 Å². The third-order valence-corrected chi connectivity index (χ3v) is 8.16. The molecule has 1 heterocycles. The largest absolute Gasteiger partial charge is 0.444 e. The van der Waals surface area contributed by atoms with E-state index in [0.29, 0.717) is 38.9 Å². The number of alkyl carbamates (subject to hydrolysis) is 1. The lowest BCUT2D eigenvalue weighted by Crippen LogP contribution is -2.48. The van der Waals surface area contributed by atoms with E-state index < -0.39 is 36.3 Å². The van der Waals surface area contributed by atoms with Gasteiger partial charge in [0.1, 0.15) is 6.10 Å². The van der Waals surface area contributed by atoms with Gasteiger partial charge in [-0.05, 0) is 41.5 Å². The number of ether oxygens (including phenoxy) is 2. The zero-order valence-corrected chi connectivity index (χ0v) is 24.2. The van der Waals surface area contributed by atoms with E-state index in [1.54, 1.807) is 0 Å². The number of carbonyl (C=O) groups excluding carboxylic acids is 2. The lowest BCUT2D eigenvalue weighted by molar-refractivity contribution is -0.127. The maximum atomic E-state index is 13.8. The molecule has 2 aliphatic rings. The molecule has 3 aromatic rings. The Kier molecular flexibility index (Phi) is 10.6. The first-order valence-corrected chi connectivity index (χ1v) is 15.0. The van der Waals surface area contributed by atoms with Gasteiger partial charge in [0.25, 0.3) is 0 Å². The van der Waals surface area contributed by atoms with Crippen LogP contribution in [0.4, 0.5) is 4.79 Å². The number of aliphatic hydroxyl groups is 2. The molecule has 43 heavy (non-hydrogen) atoms. The van der Waals surface area contributed by atoms with E-state index in [4.69, 9.17) is 9.47 Å². The highest BCUT2D eigenvalue weighted by Crippen LogP contribution is 2.32. The molecule has 0 aromatic heterocycles. The van der Waals surface area contributed by atoms with E-state index in [-0.39, 0.29) is 18.4 Å². The Morgan fingerprint density at radius 2 is 1.72 bits per heavy atom. The van der Waals surface area contributed by atoms with E-state index >= 15 is 0 Å². The molecule has 0 spiro atoms. The number of hydrogen-bond acceptors (Lipinski definition) is 6. The van der Waals surface area contributed by atoms with Crippen LogP contribution in [-0.2, 0) is 27.1 Å². The lowest BCUT2D eigenvalue weighted by Gasteiger charge is -2.28. The van der Waals surface area contributed by atoms with Crippen LogP contribution in [0, 0.1) is 5.92 Å². The molecule has 0 bridgehead atoms. The van der Waals surface area contributed by atoms with Crippen molar-refractivity contribution in [1.82, 2.24) is 10.6 Å². The number of carbonyl (C=O) groups is 2. The van der Waals surface area contributed by atoms with Crippen LogP contribution in [-0.4, -0.2) is 59.8 Å². The second-order valence-electron chi connectivity index (χ2n) is 11.3. The molecule has 1 aliphatic carbocycles. The Morgan fingerprint density at radius 3 is 2.47 bits per heavy atom. The molecule has 226 valence electrons. The van der Waals surface area contributed by atoms with Gasteiger partial charge in [-0.1, -0.05) is 97.1 Å². The molecule has 6 atom stereocenters. The van der Waals surface area contributed by atoms with Crippen molar-refractivity contribution in [2.45, 2.75) is 62.5 Å². The third kappa shape index (κ3) is 8.54. The SMILES string of the molecule is O=C(N[C@@H](Cc1ccccc1)[C@@H](O)C[C@@H](C/C=C/c1ccccc1)C(=O)N[C@H]1c2ccccc2C[C@H]1O)O[C@H]1CCOC1. The summed E-state index contributed by atoms with van der Waals surface area (Å²) in [6, 6.07) is 25.9. The van der Waals surface area contributed by atoms with Crippen molar-refractivity contribution in [2.75, 3.05) is 13.2 Å². The number of nitrogens with one attached hydrogen (secondary N) is 2. The molecule has 0 radical (unpaired) electrons. The average Bonchev–Trinajstić information content (AvgIpc) is 3.64. The quantitative estimate of drug-likeness (QED) is 0.251. The molecular formula is C35H40N2O6. The molecule has 4 N–H and O–H groups in total. The Morgan fingerprint density at radius 1 is 1.00 bits per heavy atom. The van der Waals surface area contributed by atoms with Gasteiger partial charge in [0.05, 0.1) is 37.5 Å². The fourth-order valence-corrected chi connectivity index (χ4v) is 5.81. The van der Waals surface area contributed by atoms with E-state index in [9.17, 15) is 19.8 Å². The van der Waals surface area contributed by atoms with Crippen LogP contribution >= 0.6 is 0 Å². The molecule has 1 fully saturated rings. The van der Waals surface area contributed by atoms with Crippen molar-refractivity contribution >= 4 is 18.1 Å². The fraction of sp³-hybridized carbons (Fsp3) is 0.371. The predicted octanol–water partition coefficient (Wildman–Crippen LogP) is 4.36. The van der Waals surface area contributed by atoms with E-state index in [1.807, 2.05) is 97.1 Å². The minimum Gasteiger partial charge on any atom is -0.444 e. The summed E-state index contributed by atoms with van der Waals surface area (Å²) in [7, 11) is 0. The van der Waals surface area contributed by atoms with E-state index in [1.165, 1.54) is 0 Å². The highest BCUT2D eigenvalue weighted by atomic mass is 16.6. The van der Waals surface area contributed by atoms with Crippen LogP contribution in [0.1, 0.15) is 47.6 Å². The van der Waals surface area contributed by atoms with Crippen LogP contribution in [0.3, 0.4) is 0 Å². The first-order chi connectivity index (χ1) is 21.0. The second-order valence-corrected chi connectivity index (χ2v) is 11.3. The summed E-state index contributed by atoms with van der Waals surface area (Å²) < 4.78 is 10.8. The zero-order valence-electron chi connectivity index (χ0n) is 24.2. The van der Waals surface area contributed by atoms with Gasteiger partial charge in [-0.2, -0.15) is 0 Å². The highest BCUT2D eigenvalue weighted by Gasteiger charge is 2.35. The minimum absolute atomic E-state index is 0.0970. The topological polar surface area (TPSA) is 117 Å². The van der Waals surface area contributed by atoms with E-state index in [0.717, 1.165) is 22.3 Å². The van der Waals surface area contributed by atoms with Crippen LogP contribution in [0.2, 0.25) is 0 Å². The molecule has 5 rings (SSSR count). The average molecular weight is 585 g/mol. The predicted molar refractivity (Wildman–Crippen MR) is 164 cm³/mol. The number of fused-ring (bicyclic) bond motifs is 1.